The summed E-state index contributed by atoms with van der Waals surface area (Å²) < 4.78 is 26.4. The molecule has 90 valence electrons. The number of aliphatic hydroxyl groups excluding tert-OH is 1. The summed E-state index contributed by atoms with van der Waals surface area (Å²) in [7, 11) is -3.59. The molecule has 0 aromatic carbocycles. The summed E-state index contributed by atoms with van der Waals surface area (Å²) in [6.45, 7) is 1.35. The van der Waals surface area contributed by atoms with Gasteiger partial charge in [0.1, 0.15) is 0 Å². The molecule has 1 aromatic heterocycles. The first-order valence-electron chi connectivity index (χ1n) is 5.21. The average Bonchev–Trinajstić information content (AvgIpc) is 2.54. The maximum Gasteiger partial charge on any atom is 0.260 e. The number of H-pyrrole nitrogens is 1. The Morgan fingerprint density at radius 2 is 2.25 bits per heavy atom. The quantitative estimate of drug-likeness (QED) is 0.698. The lowest BCUT2D eigenvalue weighted by molar-refractivity contribution is 0.277. The second-order valence-electron chi connectivity index (χ2n) is 4.04. The van der Waals surface area contributed by atoms with Gasteiger partial charge in [0, 0.05) is 17.3 Å². The van der Waals surface area contributed by atoms with E-state index in [9.17, 15) is 8.42 Å². The second-order valence-corrected chi connectivity index (χ2v) is 5.67. The molecule has 0 bridgehead atoms. The molecule has 6 nitrogen and oxygen atoms in total. The fourth-order valence-corrected chi connectivity index (χ4v) is 3.13. The number of hydrogen-bond donors (Lipinski definition) is 3. The molecule has 0 amide bonds. The van der Waals surface area contributed by atoms with Crippen LogP contribution in [0.3, 0.4) is 0 Å². The Morgan fingerprint density at radius 3 is 2.75 bits per heavy atom. The number of nitrogens with zero attached hydrogens (tertiary/aromatic N) is 1. The molecule has 0 atom stereocenters. The molecular formula is C9H15N3O3S. The standard InChI is InChI=1S/C9H15N3O3S/c1-6-8(5-13)9(11-10-6)16(14,15)12-7-3-2-4-7/h7,12-13H,2-5H2,1H3,(H,10,11). The number of rotatable bonds is 4. The Bertz CT molecular complexity index is 476. The summed E-state index contributed by atoms with van der Waals surface area (Å²) in [5.74, 6) is 0. The number of hydrogen-bond acceptors (Lipinski definition) is 4. The summed E-state index contributed by atoms with van der Waals surface area (Å²) in [5, 5.41) is 15.3. The van der Waals surface area contributed by atoms with E-state index < -0.39 is 10.0 Å². The van der Waals surface area contributed by atoms with Crippen molar-refractivity contribution in [2.45, 2.75) is 43.9 Å². The number of sulfonamides is 1. The van der Waals surface area contributed by atoms with Crippen LogP contribution in [0, 0.1) is 6.92 Å². The largest absolute Gasteiger partial charge is 0.392 e. The highest BCUT2D eigenvalue weighted by molar-refractivity contribution is 7.89. The van der Waals surface area contributed by atoms with Crippen LogP contribution >= 0.6 is 0 Å². The van der Waals surface area contributed by atoms with Crippen LogP contribution in [0.25, 0.3) is 0 Å². The van der Waals surface area contributed by atoms with E-state index in [4.69, 9.17) is 5.11 Å². The number of aromatic nitrogens is 2. The van der Waals surface area contributed by atoms with Gasteiger partial charge in [-0.25, -0.2) is 13.1 Å². The van der Waals surface area contributed by atoms with Crippen molar-refractivity contribution in [2.75, 3.05) is 0 Å². The Kier molecular flexibility index (Phi) is 3.00. The summed E-state index contributed by atoms with van der Waals surface area (Å²) in [6.07, 6.45) is 2.80. The molecular weight excluding hydrogens is 230 g/mol. The minimum Gasteiger partial charge on any atom is -0.392 e. The summed E-state index contributed by atoms with van der Waals surface area (Å²) in [5.41, 5.74) is 0.920. The normalized spacial score (nSPS) is 17.4. The smallest absolute Gasteiger partial charge is 0.260 e. The number of aromatic amines is 1. The minimum absolute atomic E-state index is 0.0218. The van der Waals surface area contributed by atoms with E-state index in [1.54, 1.807) is 6.92 Å². The lowest BCUT2D eigenvalue weighted by Gasteiger charge is -2.25. The lowest BCUT2D eigenvalue weighted by atomic mass is 9.94. The van der Waals surface area contributed by atoms with Gasteiger partial charge in [-0.15, -0.1) is 0 Å². The molecule has 0 spiro atoms. The lowest BCUT2D eigenvalue weighted by Crippen LogP contribution is -2.39. The van der Waals surface area contributed by atoms with Crippen molar-refractivity contribution in [1.29, 1.82) is 0 Å². The van der Waals surface area contributed by atoms with E-state index in [0.717, 1.165) is 19.3 Å². The summed E-state index contributed by atoms with van der Waals surface area (Å²) in [6, 6.07) is 0.0218. The predicted octanol–water partition coefficient (Wildman–Crippen LogP) is 0.0412. The highest BCUT2D eigenvalue weighted by atomic mass is 32.2. The molecule has 0 saturated heterocycles. The molecule has 0 unspecified atom stereocenters. The third kappa shape index (κ3) is 1.98. The van der Waals surface area contributed by atoms with E-state index in [2.05, 4.69) is 14.9 Å². The summed E-state index contributed by atoms with van der Waals surface area (Å²) in [4.78, 5) is 0. The molecule has 0 radical (unpaired) electrons. The highest BCUT2D eigenvalue weighted by Crippen LogP contribution is 2.22. The van der Waals surface area contributed by atoms with Crippen LogP contribution in [0.4, 0.5) is 0 Å². The van der Waals surface area contributed by atoms with Gasteiger partial charge in [0.05, 0.1) is 6.61 Å². The van der Waals surface area contributed by atoms with Crippen molar-refractivity contribution < 1.29 is 13.5 Å². The Morgan fingerprint density at radius 1 is 1.56 bits per heavy atom. The number of aliphatic hydroxyl groups is 1. The molecule has 1 saturated carbocycles. The van der Waals surface area contributed by atoms with Gasteiger partial charge in [-0.2, -0.15) is 5.10 Å². The molecule has 1 aromatic rings. The topological polar surface area (TPSA) is 95.1 Å². The van der Waals surface area contributed by atoms with Crippen LogP contribution in [0.2, 0.25) is 0 Å². The molecule has 2 rings (SSSR count). The Labute approximate surface area is 94.1 Å². The molecule has 3 N–H and O–H groups in total. The van der Waals surface area contributed by atoms with Gasteiger partial charge in [0.15, 0.2) is 5.03 Å². The van der Waals surface area contributed by atoms with Crippen LogP contribution < -0.4 is 4.72 Å². The van der Waals surface area contributed by atoms with Gasteiger partial charge in [0.2, 0.25) is 0 Å². The fraction of sp³-hybridized carbons (Fsp3) is 0.667. The van der Waals surface area contributed by atoms with Gasteiger partial charge in [-0.05, 0) is 19.8 Å². The summed E-state index contributed by atoms with van der Waals surface area (Å²) >= 11 is 0. The molecule has 1 aliphatic rings. The number of nitrogens with one attached hydrogen (secondary N) is 2. The van der Waals surface area contributed by atoms with Crippen molar-refractivity contribution in [3.8, 4) is 0 Å². The van der Waals surface area contributed by atoms with Crippen LogP contribution in [0.5, 0.6) is 0 Å². The van der Waals surface area contributed by atoms with E-state index in [0.29, 0.717) is 11.3 Å². The first kappa shape index (κ1) is 11.6. The van der Waals surface area contributed by atoms with E-state index in [1.807, 2.05) is 0 Å². The zero-order chi connectivity index (χ0) is 11.8. The third-order valence-electron chi connectivity index (χ3n) is 2.88. The second kappa shape index (κ2) is 4.15. The van der Waals surface area contributed by atoms with Crippen molar-refractivity contribution in [1.82, 2.24) is 14.9 Å². The van der Waals surface area contributed by atoms with Crippen molar-refractivity contribution in [3.05, 3.63) is 11.3 Å². The van der Waals surface area contributed by atoms with E-state index in [-0.39, 0.29) is 17.7 Å². The predicted molar refractivity (Wildman–Crippen MR) is 57.2 cm³/mol. The van der Waals surface area contributed by atoms with E-state index in [1.165, 1.54) is 0 Å². The van der Waals surface area contributed by atoms with E-state index >= 15 is 0 Å². The van der Waals surface area contributed by atoms with Crippen molar-refractivity contribution in [2.24, 2.45) is 0 Å². The number of aryl methyl sites for hydroxylation is 1. The molecule has 16 heavy (non-hydrogen) atoms. The SMILES string of the molecule is Cc1[nH]nc(S(=O)(=O)NC2CCC2)c1CO. The Hall–Kier alpha value is -0.920. The van der Waals surface area contributed by atoms with Crippen LogP contribution in [-0.2, 0) is 16.6 Å². The van der Waals surface area contributed by atoms with Crippen molar-refractivity contribution >= 4 is 10.0 Å². The molecule has 7 heteroatoms. The Balaban J connectivity index is 2.27. The van der Waals surface area contributed by atoms with Crippen LogP contribution in [-0.4, -0.2) is 29.8 Å². The van der Waals surface area contributed by atoms with Crippen molar-refractivity contribution in [3.63, 3.8) is 0 Å². The first-order chi connectivity index (χ1) is 7.54. The van der Waals surface area contributed by atoms with Gasteiger partial charge >= 0.3 is 0 Å². The average molecular weight is 245 g/mol. The molecule has 0 aliphatic heterocycles. The van der Waals surface area contributed by atoms with Gasteiger partial charge in [-0.1, -0.05) is 6.42 Å². The third-order valence-corrected chi connectivity index (χ3v) is 4.37. The first-order valence-corrected chi connectivity index (χ1v) is 6.70. The zero-order valence-corrected chi connectivity index (χ0v) is 9.84. The van der Waals surface area contributed by atoms with Gasteiger partial charge < -0.3 is 5.11 Å². The highest BCUT2D eigenvalue weighted by Gasteiger charge is 2.28. The molecule has 1 heterocycles. The molecule has 1 fully saturated rings. The zero-order valence-electron chi connectivity index (χ0n) is 9.02. The maximum absolute atomic E-state index is 11.9. The molecule has 1 aliphatic carbocycles. The van der Waals surface area contributed by atoms with Crippen LogP contribution in [0.15, 0.2) is 5.03 Å². The monoisotopic (exact) mass is 245 g/mol. The van der Waals surface area contributed by atoms with Gasteiger partial charge in [0.25, 0.3) is 10.0 Å². The maximum atomic E-state index is 11.9. The van der Waals surface area contributed by atoms with Gasteiger partial charge in [-0.3, -0.25) is 5.10 Å². The van der Waals surface area contributed by atoms with Crippen LogP contribution in [0.1, 0.15) is 30.5 Å². The minimum atomic E-state index is -3.59. The fourth-order valence-electron chi connectivity index (χ4n) is 1.64.